The number of hydrogen-bond donors (Lipinski definition) is 9. The molecule has 0 aromatic rings. The second-order valence-electron chi connectivity index (χ2n) is 3.40. The Kier molecular flexibility index (Phi) is 31.4. The van der Waals surface area contributed by atoms with Crippen LogP contribution in [0.3, 0.4) is 0 Å². The molecule has 1 aliphatic rings. The van der Waals surface area contributed by atoms with Crippen LogP contribution >= 0.6 is 0 Å². The first-order valence-electron chi connectivity index (χ1n) is 6.10. The van der Waals surface area contributed by atoms with Crippen LogP contribution in [0.2, 0.25) is 0 Å². The topological polar surface area (TPSA) is 191 Å². The Morgan fingerprint density at radius 1 is 0.667 bits per heavy atom. The minimum atomic E-state index is -2.67. The van der Waals surface area contributed by atoms with Crippen LogP contribution in [-0.4, -0.2) is 82.2 Å². The Labute approximate surface area is 136 Å². The van der Waals surface area contributed by atoms with Crippen molar-refractivity contribution in [1.82, 2.24) is 5.32 Å². The number of hydrogen-bond acceptors (Lipinski definition) is 9. The smallest absolute Gasteiger partial charge is 0.398 e. The summed E-state index contributed by atoms with van der Waals surface area (Å²) in [5, 5.41) is 58.4. The highest BCUT2D eigenvalue weighted by Gasteiger charge is 2.03. The maximum Gasteiger partial charge on any atom is 0.674 e. The lowest BCUT2D eigenvalue weighted by Gasteiger charge is -1.93. The Balaban J connectivity index is -0.000000110. The molecule has 18 heteroatoms. The number of carbonyl (C=O) groups excluding carboxylic acids is 1. The largest absolute Gasteiger partial charge is 0.674 e. The zero-order valence-electron chi connectivity index (χ0n) is 12.3. The maximum absolute atomic E-state index is 10.6. The van der Waals surface area contributed by atoms with Crippen molar-refractivity contribution in [3.05, 3.63) is 0 Å². The Morgan fingerprint density at radius 2 is 0.958 bits per heavy atom. The van der Waals surface area contributed by atoms with Crippen LogP contribution in [0.5, 0.6) is 0 Å². The molecule has 24 heavy (non-hydrogen) atoms. The molecule has 0 bridgehead atoms. The minimum absolute atomic E-state index is 0.225. The first kappa shape index (κ1) is 31.0. The van der Waals surface area contributed by atoms with E-state index in [1.807, 2.05) is 0 Å². The van der Waals surface area contributed by atoms with E-state index < -0.39 is 29.6 Å². The molecule has 0 aliphatic carbocycles. The molecule has 0 atom stereocenters. The molecule has 0 spiro atoms. The molecule has 0 unspecified atom stereocenters. The summed E-state index contributed by atoms with van der Waals surface area (Å²) in [6.07, 6.45) is 4.18. The van der Waals surface area contributed by atoms with Gasteiger partial charge in [0.25, 0.3) is 0 Å². The van der Waals surface area contributed by atoms with Crippen LogP contribution in [0.1, 0.15) is 25.7 Å². The molecule has 0 aromatic heterocycles. The van der Waals surface area contributed by atoms with Gasteiger partial charge < -0.3 is 45.5 Å². The molecule has 0 saturated carbocycles. The summed E-state index contributed by atoms with van der Waals surface area (Å²) < 4.78 is 40.4. The molecule has 142 valence electrons. The first-order valence-corrected chi connectivity index (χ1v) is 6.10. The summed E-state index contributed by atoms with van der Waals surface area (Å²) in [6, 6.07) is 0. The summed E-state index contributed by atoms with van der Waals surface area (Å²) in [5.41, 5.74) is 0. The molecule has 1 rings (SSSR count). The van der Waals surface area contributed by atoms with Gasteiger partial charge in [-0.05, 0) is 12.8 Å². The molecule has 0 aromatic carbocycles. The van der Waals surface area contributed by atoms with Gasteiger partial charge in [-0.2, -0.15) is 0 Å². The number of halogens is 4. The predicted octanol–water partition coefficient (Wildman–Crippen LogP) is -3.62. The lowest BCUT2D eigenvalue weighted by atomic mass is 10.2. The molecular formula is C6H19B4F4NO9. The molecular weight excluding hydrogens is 349 g/mol. The summed E-state index contributed by atoms with van der Waals surface area (Å²) >= 11 is 0. The standard InChI is InChI=1S/C6H11NO.4BFH2O2/c8-6-4-2-1-3-5-7-6;4*2-1(3)4/h1-5H2,(H,7,8);4*3-4H. The van der Waals surface area contributed by atoms with E-state index >= 15 is 0 Å². The van der Waals surface area contributed by atoms with Crippen LogP contribution < -0.4 is 5.32 Å². The van der Waals surface area contributed by atoms with E-state index in [0.29, 0.717) is 0 Å². The fourth-order valence-electron chi connectivity index (χ4n) is 0.904. The van der Waals surface area contributed by atoms with Crippen LogP contribution in [0, 0.1) is 0 Å². The van der Waals surface area contributed by atoms with Gasteiger partial charge in [-0.3, -0.25) is 22.1 Å². The van der Waals surface area contributed by atoms with Crippen LogP contribution in [-0.2, 0) is 4.79 Å². The van der Waals surface area contributed by atoms with E-state index in [1.54, 1.807) is 0 Å². The van der Waals surface area contributed by atoms with Gasteiger partial charge in [0.15, 0.2) is 0 Å². The van der Waals surface area contributed by atoms with E-state index in [2.05, 4.69) is 5.32 Å². The second kappa shape index (κ2) is 24.4. The SMILES string of the molecule is O=C1CCCCCN1.OB(O)F.OB(O)F.OB(O)F.OB(O)F. The Hall–Kier alpha value is -0.870. The average molecular weight is 368 g/mol. The molecule has 1 saturated heterocycles. The Bertz CT molecular complexity index is 213. The summed E-state index contributed by atoms with van der Waals surface area (Å²) in [7, 11) is -10.7. The van der Waals surface area contributed by atoms with Crippen molar-refractivity contribution in [3.63, 3.8) is 0 Å². The highest BCUT2D eigenvalue weighted by molar-refractivity contribution is 6.32. The van der Waals surface area contributed by atoms with Gasteiger partial charge in [0.05, 0.1) is 0 Å². The van der Waals surface area contributed by atoms with Gasteiger partial charge in [-0.1, -0.05) is 6.42 Å². The van der Waals surface area contributed by atoms with Gasteiger partial charge in [-0.25, -0.2) is 0 Å². The van der Waals surface area contributed by atoms with Gasteiger partial charge in [0.1, 0.15) is 0 Å². The van der Waals surface area contributed by atoms with E-state index in [4.69, 9.17) is 40.2 Å². The molecule has 1 aliphatic heterocycles. The van der Waals surface area contributed by atoms with Gasteiger partial charge >= 0.3 is 29.6 Å². The predicted molar refractivity (Wildman–Crippen MR) is 76.7 cm³/mol. The zero-order valence-corrected chi connectivity index (χ0v) is 12.3. The molecule has 1 amide bonds. The highest BCUT2D eigenvalue weighted by atomic mass is 19.1. The number of nitrogens with one attached hydrogen (secondary N) is 1. The van der Waals surface area contributed by atoms with Crippen molar-refractivity contribution in [3.8, 4) is 0 Å². The van der Waals surface area contributed by atoms with Crippen LogP contribution in [0.25, 0.3) is 0 Å². The molecule has 9 N–H and O–H groups in total. The van der Waals surface area contributed by atoms with Crippen molar-refractivity contribution in [2.75, 3.05) is 6.54 Å². The molecule has 1 heterocycles. The maximum atomic E-state index is 10.6. The van der Waals surface area contributed by atoms with Crippen molar-refractivity contribution in [2.45, 2.75) is 25.7 Å². The fourth-order valence-corrected chi connectivity index (χ4v) is 0.904. The summed E-state index contributed by atoms with van der Waals surface area (Å²) in [5.74, 6) is 0.225. The quantitative estimate of drug-likeness (QED) is 0.153. The lowest BCUT2D eigenvalue weighted by Crippen LogP contribution is -2.21. The third kappa shape index (κ3) is 130. The van der Waals surface area contributed by atoms with Gasteiger partial charge in [0.2, 0.25) is 5.91 Å². The molecule has 0 radical (unpaired) electrons. The molecule has 10 nitrogen and oxygen atoms in total. The number of rotatable bonds is 0. The highest BCUT2D eigenvalue weighted by Crippen LogP contribution is 2.02. The van der Waals surface area contributed by atoms with Crippen molar-refractivity contribution in [2.24, 2.45) is 0 Å². The van der Waals surface area contributed by atoms with Gasteiger partial charge in [-0.15, -0.1) is 0 Å². The minimum Gasteiger partial charge on any atom is -0.398 e. The van der Waals surface area contributed by atoms with E-state index in [-0.39, 0.29) is 5.91 Å². The third-order valence-electron chi connectivity index (χ3n) is 1.40. The number of amides is 1. The zero-order chi connectivity index (χ0) is 20.1. The van der Waals surface area contributed by atoms with Crippen molar-refractivity contribution in [1.29, 1.82) is 0 Å². The van der Waals surface area contributed by atoms with Crippen molar-refractivity contribution >= 4 is 35.5 Å². The average Bonchev–Trinajstić information content (AvgIpc) is 2.53. The second-order valence-corrected chi connectivity index (χ2v) is 3.40. The normalized spacial score (nSPS) is 11.8. The monoisotopic (exact) mass is 369 g/mol. The van der Waals surface area contributed by atoms with E-state index in [0.717, 1.165) is 25.8 Å². The number of carbonyl (C=O) groups is 1. The van der Waals surface area contributed by atoms with Crippen LogP contribution in [0.4, 0.5) is 17.3 Å². The molecule has 1 fully saturated rings. The third-order valence-corrected chi connectivity index (χ3v) is 1.40. The Morgan fingerprint density at radius 3 is 1.25 bits per heavy atom. The summed E-state index contributed by atoms with van der Waals surface area (Å²) in [4.78, 5) is 10.6. The van der Waals surface area contributed by atoms with E-state index in [1.165, 1.54) is 6.42 Å². The van der Waals surface area contributed by atoms with Crippen LogP contribution in [0.15, 0.2) is 0 Å². The summed E-state index contributed by atoms with van der Waals surface area (Å²) in [6.45, 7) is 0.888. The lowest BCUT2D eigenvalue weighted by molar-refractivity contribution is -0.120. The van der Waals surface area contributed by atoms with Gasteiger partial charge in [0, 0.05) is 13.0 Å². The van der Waals surface area contributed by atoms with E-state index in [9.17, 15) is 22.1 Å². The van der Waals surface area contributed by atoms with Crippen molar-refractivity contribution < 1.29 is 62.2 Å². The fraction of sp³-hybridized carbons (Fsp3) is 0.833. The first-order chi connectivity index (χ1) is 10.8.